The number of hydrogen-bond donors (Lipinski definition) is 2. The first-order valence-electron chi connectivity index (χ1n) is 6.58. The zero-order valence-electron chi connectivity index (χ0n) is 11.3. The lowest BCUT2D eigenvalue weighted by Crippen LogP contribution is -2.28. The third-order valence-corrected chi connectivity index (χ3v) is 3.72. The lowest BCUT2D eigenvalue weighted by Gasteiger charge is -2.00. The number of nitrogens with zero attached hydrogens (tertiary/aromatic N) is 2. The second-order valence-corrected chi connectivity index (χ2v) is 5.02. The van der Waals surface area contributed by atoms with Crippen molar-refractivity contribution in [3.63, 3.8) is 0 Å². The number of aromatic amines is 2. The molecule has 0 bridgehead atoms. The Balaban J connectivity index is 1.96. The van der Waals surface area contributed by atoms with Gasteiger partial charge in [0.25, 0.3) is 5.56 Å². The Morgan fingerprint density at radius 1 is 1.29 bits per heavy atom. The molecule has 21 heavy (non-hydrogen) atoms. The molecule has 0 unspecified atom stereocenters. The van der Waals surface area contributed by atoms with Crippen LogP contribution in [0.15, 0.2) is 27.8 Å². The first-order valence-corrected chi connectivity index (χ1v) is 6.58. The van der Waals surface area contributed by atoms with E-state index in [1.807, 2.05) is 18.2 Å². The predicted octanol–water partition coefficient (Wildman–Crippen LogP) is 0.552. The SMILES string of the molecule is Cn1c(=O)[nH]c(=O)c2[nH]c(-c3ccc4c(c3)CCO4)nc21. The number of ether oxygens (including phenoxy) is 1. The minimum atomic E-state index is -0.479. The molecule has 0 radical (unpaired) electrons. The Morgan fingerprint density at radius 3 is 3.00 bits per heavy atom. The van der Waals surface area contributed by atoms with Crippen molar-refractivity contribution in [1.29, 1.82) is 0 Å². The zero-order valence-corrected chi connectivity index (χ0v) is 11.3. The van der Waals surface area contributed by atoms with E-state index in [9.17, 15) is 9.59 Å². The van der Waals surface area contributed by atoms with E-state index in [4.69, 9.17) is 4.74 Å². The van der Waals surface area contributed by atoms with Gasteiger partial charge in [-0.25, -0.2) is 9.78 Å². The zero-order chi connectivity index (χ0) is 14.6. The van der Waals surface area contributed by atoms with E-state index in [2.05, 4.69) is 15.0 Å². The number of H-pyrrole nitrogens is 2. The first-order chi connectivity index (χ1) is 10.1. The number of aryl methyl sites for hydroxylation is 1. The Morgan fingerprint density at radius 2 is 2.14 bits per heavy atom. The molecule has 4 rings (SSSR count). The highest BCUT2D eigenvalue weighted by atomic mass is 16.5. The van der Waals surface area contributed by atoms with Gasteiger partial charge in [-0.3, -0.25) is 14.3 Å². The molecule has 0 saturated carbocycles. The van der Waals surface area contributed by atoms with Crippen molar-refractivity contribution in [2.75, 3.05) is 6.61 Å². The number of fused-ring (bicyclic) bond motifs is 2. The lowest BCUT2D eigenvalue weighted by atomic mass is 10.1. The molecule has 0 atom stereocenters. The van der Waals surface area contributed by atoms with E-state index in [0.717, 1.165) is 23.3 Å². The van der Waals surface area contributed by atoms with E-state index in [0.29, 0.717) is 23.6 Å². The van der Waals surface area contributed by atoms with Gasteiger partial charge in [-0.2, -0.15) is 0 Å². The summed E-state index contributed by atoms with van der Waals surface area (Å²) in [6.07, 6.45) is 0.864. The van der Waals surface area contributed by atoms with Crippen molar-refractivity contribution in [3.8, 4) is 17.1 Å². The standard InChI is InChI=1S/C14H12N4O3/c1-18-12-10(13(19)17-14(18)20)15-11(16-12)8-2-3-9-7(6-8)4-5-21-9/h2-3,6H,4-5H2,1H3,(H,15,16)(H,17,19,20). The Kier molecular flexibility index (Phi) is 2.32. The van der Waals surface area contributed by atoms with Crippen molar-refractivity contribution in [2.24, 2.45) is 7.05 Å². The molecule has 1 aliphatic heterocycles. The number of aromatic nitrogens is 4. The summed E-state index contributed by atoms with van der Waals surface area (Å²) in [7, 11) is 1.57. The molecule has 0 amide bonds. The Labute approximate surface area is 118 Å². The van der Waals surface area contributed by atoms with Crippen LogP contribution < -0.4 is 16.0 Å². The molecule has 0 fully saturated rings. The second-order valence-electron chi connectivity index (χ2n) is 5.02. The van der Waals surface area contributed by atoms with Gasteiger partial charge in [0.2, 0.25) is 0 Å². The van der Waals surface area contributed by atoms with Gasteiger partial charge >= 0.3 is 5.69 Å². The minimum absolute atomic E-state index is 0.295. The van der Waals surface area contributed by atoms with Crippen LogP contribution in [0.5, 0.6) is 5.75 Å². The number of nitrogens with one attached hydrogen (secondary N) is 2. The molecule has 1 aromatic carbocycles. The molecular formula is C14H12N4O3. The largest absolute Gasteiger partial charge is 0.493 e. The van der Waals surface area contributed by atoms with Crippen molar-refractivity contribution in [3.05, 3.63) is 44.6 Å². The third-order valence-electron chi connectivity index (χ3n) is 3.72. The van der Waals surface area contributed by atoms with E-state index in [-0.39, 0.29) is 0 Å². The fourth-order valence-electron chi connectivity index (χ4n) is 2.58. The molecule has 1 aliphatic rings. The number of hydrogen-bond acceptors (Lipinski definition) is 4. The van der Waals surface area contributed by atoms with Crippen molar-refractivity contribution < 1.29 is 4.74 Å². The van der Waals surface area contributed by atoms with Crippen molar-refractivity contribution >= 4 is 11.2 Å². The lowest BCUT2D eigenvalue weighted by molar-refractivity contribution is 0.357. The summed E-state index contributed by atoms with van der Waals surface area (Å²) in [6, 6.07) is 5.77. The van der Waals surface area contributed by atoms with Crippen LogP contribution in [0.4, 0.5) is 0 Å². The maximum absolute atomic E-state index is 11.8. The van der Waals surface area contributed by atoms with Crippen molar-refractivity contribution in [2.45, 2.75) is 6.42 Å². The van der Waals surface area contributed by atoms with E-state index in [1.165, 1.54) is 4.57 Å². The maximum Gasteiger partial charge on any atom is 0.329 e. The summed E-state index contributed by atoms with van der Waals surface area (Å²) < 4.78 is 6.78. The van der Waals surface area contributed by atoms with Gasteiger partial charge in [0.05, 0.1) is 6.61 Å². The highest BCUT2D eigenvalue weighted by molar-refractivity contribution is 5.75. The summed E-state index contributed by atoms with van der Waals surface area (Å²) in [5.74, 6) is 1.45. The normalized spacial score (nSPS) is 13.4. The van der Waals surface area contributed by atoms with Gasteiger partial charge in [-0.15, -0.1) is 0 Å². The summed E-state index contributed by atoms with van der Waals surface area (Å²) in [6.45, 7) is 0.688. The Hall–Kier alpha value is -2.83. The predicted molar refractivity (Wildman–Crippen MR) is 76.6 cm³/mol. The average Bonchev–Trinajstić information content (AvgIpc) is 3.10. The number of benzene rings is 1. The second kappa shape index (κ2) is 4.08. The van der Waals surface area contributed by atoms with Crippen LogP contribution >= 0.6 is 0 Å². The van der Waals surface area contributed by atoms with Crippen LogP contribution in [-0.4, -0.2) is 26.1 Å². The Bertz CT molecular complexity index is 980. The molecule has 2 aromatic heterocycles. The van der Waals surface area contributed by atoms with Crippen LogP contribution in [0.2, 0.25) is 0 Å². The molecule has 3 heterocycles. The van der Waals surface area contributed by atoms with Gasteiger partial charge in [0.15, 0.2) is 5.65 Å². The molecule has 0 aliphatic carbocycles. The maximum atomic E-state index is 11.8. The van der Waals surface area contributed by atoms with Crippen LogP contribution in [0.3, 0.4) is 0 Å². The molecule has 7 heteroatoms. The van der Waals surface area contributed by atoms with Crippen LogP contribution in [0.25, 0.3) is 22.6 Å². The smallest absolute Gasteiger partial charge is 0.329 e. The number of imidazole rings is 1. The van der Waals surface area contributed by atoms with Gasteiger partial charge in [-0.05, 0) is 23.8 Å². The molecule has 7 nitrogen and oxygen atoms in total. The van der Waals surface area contributed by atoms with Gasteiger partial charge < -0.3 is 9.72 Å². The summed E-state index contributed by atoms with van der Waals surface area (Å²) in [5.41, 5.74) is 1.68. The topological polar surface area (TPSA) is 92.8 Å². The summed E-state index contributed by atoms with van der Waals surface area (Å²) in [4.78, 5) is 33.0. The van der Waals surface area contributed by atoms with Gasteiger partial charge in [-0.1, -0.05) is 0 Å². The van der Waals surface area contributed by atoms with E-state index in [1.54, 1.807) is 7.05 Å². The fourth-order valence-corrected chi connectivity index (χ4v) is 2.58. The van der Waals surface area contributed by atoms with Crippen molar-refractivity contribution in [1.82, 2.24) is 19.5 Å². The monoisotopic (exact) mass is 284 g/mol. The van der Waals surface area contributed by atoms with E-state index >= 15 is 0 Å². The molecule has 2 N–H and O–H groups in total. The van der Waals surface area contributed by atoms with Crippen LogP contribution in [0.1, 0.15) is 5.56 Å². The third kappa shape index (κ3) is 1.70. The fraction of sp³-hybridized carbons (Fsp3) is 0.214. The molecule has 3 aromatic rings. The molecular weight excluding hydrogens is 272 g/mol. The quantitative estimate of drug-likeness (QED) is 0.682. The van der Waals surface area contributed by atoms with Gasteiger partial charge in [0, 0.05) is 19.0 Å². The van der Waals surface area contributed by atoms with Crippen LogP contribution in [0, 0.1) is 0 Å². The number of rotatable bonds is 1. The summed E-state index contributed by atoms with van der Waals surface area (Å²) >= 11 is 0. The highest BCUT2D eigenvalue weighted by Gasteiger charge is 2.16. The van der Waals surface area contributed by atoms with Gasteiger partial charge in [0.1, 0.15) is 17.1 Å². The minimum Gasteiger partial charge on any atom is -0.493 e. The molecule has 106 valence electrons. The van der Waals surface area contributed by atoms with E-state index < -0.39 is 11.2 Å². The average molecular weight is 284 g/mol. The summed E-state index contributed by atoms with van der Waals surface area (Å²) in [5, 5.41) is 0. The first kappa shape index (κ1) is 12.0. The van der Waals surface area contributed by atoms with Crippen LogP contribution in [-0.2, 0) is 13.5 Å². The molecule has 0 spiro atoms. The highest BCUT2D eigenvalue weighted by Crippen LogP contribution is 2.29. The molecule has 0 saturated heterocycles.